The van der Waals surface area contributed by atoms with E-state index in [2.05, 4.69) is 0 Å². The van der Waals surface area contributed by atoms with Gasteiger partial charge in [-0.05, 0) is 5.92 Å². The summed E-state index contributed by atoms with van der Waals surface area (Å²) in [6.45, 7) is 3.16. The average Bonchev–Trinajstić information content (AvgIpc) is 2.43. The Morgan fingerprint density at radius 3 is 2.05 bits per heavy atom. The van der Waals surface area contributed by atoms with Gasteiger partial charge in [-0.15, -0.1) is 0 Å². The lowest BCUT2D eigenvalue weighted by Crippen LogP contribution is -2.36. The zero-order valence-corrected chi connectivity index (χ0v) is 11.5. The van der Waals surface area contributed by atoms with Crippen molar-refractivity contribution in [2.24, 2.45) is 11.7 Å². The summed E-state index contributed by atoms with van der Waals surface area (Å²) in [5, 5.41) is 21.4. The van der Waals surface area contributed by atoms with Crippen molar-refractivity contribution >= 4 is 17.3 Å². The fraction of sp³-hybridized carbons (Fsp3) is 0.417. The van der Waals surface area contributed by atoms with E-state index in [4.69, 9.17) is 10.5 Å². The number of nitrogens with zero attached hydrogens (tertiary/aromatic N) is 2. The van der Waals surface area contributed by atoms with Gasteiger partial charge >= 0.3 is 5.97 Å². The van der Waals surface area contributed by atoms with Gasteiger partial charge in [0.2, 0.25) is 0 Å². The normalized spacial score (nSPS) is 12.0. The van der Waals surface area contributed by atoms with Gasteiger partial charge in [0.25, 0.3) is 11.4 Å². The number of nitrogens with two attached hydrogens (primary N) is 1. The second-order valence-electron chi connectivity index (χ2n) is 4.75. The maximum Gasteiger partial charge on any atom is 0.323 e. The first-order chi connectivity index (χ1) is 9.72. The number of non-ortho nitro benzene ring substituents is 2. The highest BCUT2D eigenvalue weighted by Crippen LogP contribution is 2.23. The van der Waals surface area contributed by atoms with Gasteiger partial charge in [-0.1, -0.05) is 13.8 Å². The molecule has 114 valence electrons. The summed E-state index contributed by atoms with van der Waals surface area (Å²) < 4.78 is 4.91. The number of benzene rings is 1. The van der Waals surface area contributed by atoms with Gasteiger partial charge in [0.15, 0.2) is 0 Å². The predicted octanol–water partition coefficient (Wildman–Crippen LogP) is 1.53. The summed E-state index contributed by atoms with van der Waals surface area (Å²) in [7, 11) is 0. The van der Waals surface area contributed by atoms with E-state index in [9.17, 15) is 25.0 Å². The molecule has 1 aromatic rings. The molecule has 0 radical (unpaired) electrons. The smallest absolute Gasteiger partial charge is 0.323 e. The molecule has 1 atom stereocenters. The van der Waals surface area contributed by atoms with E-state index < -0.39 is 33.2 Å². The summed E-state index contributed by atoms with van der Waals surface area (Å²) in [6.07, 6.45) is 0. The fourth-order valence-electron chi connectivity index (χ4n) is 1.47. The van der Waals surface area contributed by atoms with E-state index >= 15 is 0 Å². The number of hydrogen-bond donors (Lipinski definition) is 1. The van der Waals surface area contributed by atoms with Crippen LogP contribution in [0.4, 0.5) is 11.4 Å². The predicted molar refractivity (Wildman–Crippen MR) is 72.4 cm³/mol. The third-order valence-corrected chi connectivity index (χ3v) is 2.76. The highest BCUT2D eigenvalue weighted by Gasteiger charge is 2.20. The maximum atomic E-state index is 11.6. The van der Waals surface area contributed by atoms with Gasteiger partial charge in [0, 0.05) is 17.7 Å². The zero-order chi connectivity index (χ0) is 16.2. The van der Waals surface area contributed by atoms with E-state index in [0.717, 1.165) is 18.2 Å². The van der Waals surface area contributed by atoms with Gasteiger partial charge in [0.1, 0.15) is 12.6 Å². The van der Waals surface area contributed by atoms with Gasteiger partial charge in [0.05, 0.1) is 15.9 Å². The Morgan fingerprint density at radius 1 is 1.19 bits per heavy atom. The first kappa shape index (κ1) is 16.5. The summed E-state index contributed by atoms with van der Waals surface area (Å²) >= 11 is 0. The number of carbonyl (C=O) groups excluding carboxylic acids is 1. The molecule has 0 amide bonds. The van der Waals surface area contributed by atoms with E-state index in [0.29, 0.717) is 0 Å². The minimum Gasteiger partial charge on any atom is -0.460 e. The Labute approximate surface area is 120 Å². The number of nitro benzene ring substituents is 2. The van der Waals surface area contributed by atoms with Crippen molar-refractivity contribution in [2.75, 3.05) is 0 Å². The number of esters is 1. The Kier molecular flexibility index (Phi) is 5.30. The molecule has 0 fully saturated rings. The van der Waals surface area contributed by atoms with Crippen molar-refractivity contribution in [1.82, 2.24) is 0 Å². The average molecular weight is 297 g/mol. The van der Waals surface area contributed by atoms with Crippen LogP contribution in [0.15, 0.2) is 18.2 Å². The van der Waals surface area contributed by atoms with Gasteiger partial charge in [-0.25, -0.2) is 0 Å². The second kappa shape index (κ2) is 6.75. The van der Waals surface area contributed by atoms with Crippen molar-refractivity contribution < 1.29 is 19.4 Å². The van der Waals surface area contributed by atoms with Crippen molar-refractivity contribution in [3.05, 3.63) is 44.0 Å². The topological polar surface area (TPSA) is 139 Å². The molecule has 1 aromatic carbocycles. The largest absolute Gasteiger partial charge is 0.460 e. The second-order valence-corrected chi connectivity index (χ2v) is 4.75. The summed E-state index contributed by atoms with van der Waals surface area (Å²) in [5.74, 6) is -0.795. The van der Waals surface area contributed by atoms with Crippen LogP contribution in [0.2, 0.25) is 0 Å². The minimum atomic E-state index is -0.821. The molecule has 0 aliphatic heterocycles. The third-order valence-electron chi connectivity index (χ3n) is 2.76. The molecular formula is C12H15N3O6. The molecule has 0 saturated heterocycles. The molecule has 9 nitrogen and oxygen atoms in total. The first-order valence-corrected chi connectivity index (χ1v) is 6.07. The molecule has 0 aliphatic carbocycles. The Bertz CT molecular complexity index is 540. The van der Waals surface area contributed by atoms with Crippen LogP contribution in [-0.4, -0.2) is 21.9 Å². The molecule has 9 heteroatoms. The molecular weight excluding hydrogens is 282 g/mol. The van der Waals surface area contributed by atoms with Crippen LogP contribution in [-0.2, 0) is 16.1 Å². The highest BCUT2D eigenvalue weighted by atomic mass is 16.6. The van der Waals surface area contributed by atoms with Crippen molar-refractivity contribution in [3.8, 4) is 0 Å². The van der Waals surface area contributed by atoms with E-state index in [-0.39, 0.29) is 18.1 Å². The van der Waals surface area contributed by atoms with Gasteiger partial charge in [-0.2, -0.15) is 0 Å². The molecule has 0 aliphatic rings. The van der Waals surface area contributed by atoms with Crippen LogP contribution >= 0.6 is 0 Å². The van der Waals surface area contributed by atoms with Crippen molar-refractivity contribution in [3.63, 3.8) is 0 Å². The van der Waals surface area contributed by atoms with Crippen LogP contribution in [0, 0.1) is 26.1 Å². The Hall–Kier alpha value is -2.55. The molecule has 0 bridgehead atoms. The minimum absolute atomic E-state index is 0.128. The van der Waals surface area contributed by atoms with Crippen molar-refractivity contribution in [2.45, 2.75) is 26.5 Å². The molecule has 1 rings (SSSR count). The van der Waals surface area contributed by atoms with Gasteiger partial charge < -0.3 is 10.5 Å². The number of rotatable bonds is 6. The highest BCUT2D eigenvalue weighted by molar-refractivity contribution is 5.75. The molecule has 2 N–H and O–H groups in total. The van der Waals surface area contributed by atoms with E-state index in [1.54, 1.807) is 13.8 Å². The molecule has 21 heavy (non-hydrogen) atoms. The monoisotopic (exact) mass is 297 g/mol. The molecule has 0 aromatic heterocycles. The van der Waals surface area contributed by atoms with Crippen LogP contribution in [0.5, 0.6) is 0 Å². The first-order valence-electron chi connectivity index (χ1n) is 6.07. The number of nitro groups is 2. The van der Waals surface area contributed by atoms with Crippen LogP contribution in [0.3, 0.4) is 0 Å². The Morgan fingerprint density at radius 2 is 1.67 bits per heavy atom. The molecule has 0 heterocycles. The maximum absolute atomic E-state index is 11.6. The molecule has 0 spiro atoms. The Balaban J connectivity index is 2.90. The zero-order valence-electron chi connectivity index (χ0n) is 11.5. The number of carbonyl (C=O) groups is 1. The summed E-state index contributed by atoms with van der Waals surface area (Å²) in [5.41, 5.74) is 4.86. The van der Waals surface area contributed by atoms with E-state index in [1.807, 2.05) is 0 Å². The molecule has 0 unspecified atom stereocenters. The third kappa shape index (κ3) is 4.49. The van der Waals surface area contributed by atoms with Gasteiger partial charge in [-0.3, -0.25) is 25.0 Å². The lowest BCUT2D eigenvalue weighted by Gasteiger charge is -2.14. The SMILES string of the molecule is CC(C)[C@@H](N)C(=O)OCc1cc([N+](=O)[O-])cc([N+](=O)[O-])c1. The fourth-order valence-corrected chi connectivity index (χ4v) is 1.47. The lowest BCUT2D eigenvalue weighted by molar-refractivity contribution is -0.394. The quantitative estimate of drug-likeness (QED) is 0.477. The van der Waals surface area contributed by atoms with Crippen molar-refractivity contribution in [1.29, 1.82) is 0 Å². The number of ether oxygens (including phenoxy) is 1. The standard InChI is InChI=1S/C12H15N3O6/c1-7(2)11(13)12(16)21-6-8-3-9(14(17)18)5-10(4-8)15(19)20/h3-5,7,11H,6,13H2,1-2H3/t11-/m1/s1. The summed E-state index contributed by atoms with van der Waals surface area (Å²) in [6, 6.07) is 2.24. The van der Waals surface area contributed by atoms with Crippen LogP contribution in [0.25, 0.3) is 0 Å². The lowest BCUT2D eigenvalue weighted by atomic mass is 10.1. The summed E-state index contributed by atoms with van der Waals surface area (Å²) in [4.78, 5) is 31.5. The van der Waals surface area contributed by atoms with Crippen LogP contribution < -0.4 is 5.73 Å². The molecule has 0 saturated carbocycles. The van der Waals surface area contributed by atoms with Crippen LogP contribution in [0.1, 0.15) is 19.4 Å². The number of hydrogen-bond acceptors (Lipinski definition) is 7. The van der Waals surface area contributed by atoms with E-state index in [1.165, 1.54) is 0 Å².